The second-order valence-corrected chi connectivity index (χ2v) is 11.3. The summed E-state index contributed by atoms with van der Waals surface area (Å²) in [6.07, 6.45) is 8.17. The number of benzene rings is 3. The van der Waals surface area contributed by atoms with E-state index in [1.165, 1.54) is 27.4 Å². The van der Waals surface area contributed by atoms with Crippen molar-refractivity contribution in [3.63, 3.8) is 0 Å². The van der Waals surface area contributed by atoms with Crippen LogP contribution in [0.1, 0.15) is 49.9 Å². The Kier molecular flexibility index (Phi) is 7.29. The van der Waals surface area contributed by atoms with Gasteiger partial charge in [-0.15, -0.1) is 0 Å². The van der Waals surface area contributed by atoms with Gasteiger partial charge in [0.25, 0.3) is 0 Å². The molecule has 0 saturated carbocycles. The van der Waals surface area contributed by atoms with E-state index >= 15 is 0 Å². The fraction of sp³-hybridized carbons (Fsp3) is 0.300. The topological polar surface area (TPSA) is 17.8 Å². The van der Waals surface area contributed by atoms with Crippen molar-refractivity contribution in [2.24, 2.45) is 11.8 Å². The molecule has 0 atom stereocenters. The molecule has 0 aliphatic heterocycles. The lowest BCUT2D eigenvalue weighted by atomic mass is 9.91. The van der Waals surface area contributed by atoms with Crippen LogP contribution < -0.4 is 5.19 Å². The summed E-state index contributed by atoms with van der Waals surface area (Å²) in [7, 11) is 0.523. The minimum atomic E-state index is -0.349. The Labute approximate surface area is 201 Å². The average molecular weight is 451 g/mol. The number of aromatic nitrogens is 2. The van der Waals surface area contributed by atoms with Gasteiger partial charge in [-0.1, -0.05) is 112 Å². The monoisotopic (exact) mass is 450 g/mol. The van der Waals surface area contributed by atoms with Crippen LogP contribution >= 0.6 is 0 Å². The standard InChI is InChI=1S/C30H34N2Si/c1-23(2)18-25-10-8-12-27(20-25)30(32-17-16-31-22-32,33-29-14-6-5-7-15-29)28-13-9-11-26(21-28)19-24(3)4/h5-17,20-24H,18-19H2,1-4H3. The van der Waals surface area contributed by atoms with Crippen molar-refractivity contribution in [1.29, 1.82) is 0 Å². The molecule has 0 saturated heterocycles. The SMILES string of the molecule is CC(C)Cc1cccc(C([Si]c2ccccc2)(c2cccc(CC(C)C)c2)n2ccnc2)c1. The van der Waals surface area contributed by atoms with Gasteiger partial charge in [-0.25, -0.2) is 4.98 Å². The summed E-state index contributed by atoms with van der Waals surface area (Å²) in [6, 6.07) is 29.3. The first-order chi connectivity index (χ1) is 16.0. The summed E-state index contributed by atoms with van der Waals surface area (Å²) in [5.41, 5.74) is 5.43. The van der Waals surface area contributed by atoms with Gasteiger partial charge in [0.15, 0.2) is 0 Å². The molecular weight excluding hydrogens is 416 g/mol. The molecule has 2 radical (unpaired) electrons. The zero-order valence-corrected chi connectivity index (χ0v) is 21.2. The molecular formula is C30H34N2Si. The van der Waals surface area contributed by atoms with E-state index in [1.54, 1.807) is 0 Å². The summed E-state index contributed by atoms with van der Waals surface area (Å²) in [6.45, 7) is 9.15. The van der Waals surface area contributed by atoms with E-state index in [0.717, 1.165) is 12.8 Å². The molecule has 0 fully saturated rings. The van der Waals surface area contributed by atoms with Crippen molar-refractivity contribution in [3.05, 3.63) is 120 Å². The van der Waals surface area contributed by atoms with Crippen LogP contribution in [0.25, 0.3) is 0 Å². The van der Waals surface area contributed by atoms with Gasteiger partial charge in [0.05, 0.1) is 11.5 Å². The second-order valence-electron chi connectivity index (χ2n) is 9.77. The van der Waals surface area contributed by atoms with Crippen LogP contribution in [0.5, 0.6) is 0 Å². The van der Waals surface area contributed by atoms with Crippen LogP contribution in [0, 0.1) is 11.8 Å². The summed E-state index contributed by atoms with van der Waals surface area (Å²) in [5.74, 6) is 1.24. The van der Waals surface area contributed by atoms with Gasteiger partial charge in [-0.05, 0) is 46.9 Å². The van der Waals surface area contributed by atoms with E-state index in [4.69, 9.17) is 0 Å². The number of rotatable bonds is 9. The summed E-state index contributed by atoms with van der Waals surface area (Å²) >= 11 is 0. The fourth-order valence-corrected chi connectivity index (χ4v) is 6.29. The van der Waals surface area contributed by atoms with Gasteiger partial charge < -0.3 is 4.57 Å². The Hall–Kier alpha value is -2.91. The Morgan fingerprint density at radius 3 is 1.82 bits per heavy atom. The largest absolute Gasteiger partial charge is 0.326 e. The van der Waals surface area contributed by atoms with Crippen LogP contribution in [0.15, 0.2) is 97.6 Å². The molecule has 168 valence electrons. The van der Waals surface area contributed by atoms with Crippen LogP contribution in [0.4, 0.5) is 0 Å². The van der Waals surface area contributed by atoms with Crippen molar-refractivity contribution in [3.8, 4) is 0 Å². The minimum Gasteiger partial charge on any atom is -0.326 e. The molecule has 0 spiro atoms. The third kappa shape index (κ3) is 5.36. The predicted molar refractivity (Wildman–Crippen MR) is 140 cm³/mol. The lowest BCUT2D eigenvalue weighted by Crippen LogP contribution is -2.46. The van der Waals surface area contributed by atoms with E-state index in [9.17, 15) is 0 Å². The van der Waals surface area contributed by atoms with E-state index in [1.807, 2.05) is 12.5 Å². The molecule has 1 aromatic heterocycles. The number of nitrogens with zero attached hydrogens (tertiary/aromatic N) is 2. The highest BCUT2D eigenvalue weighted by molar-refractivity contribution is 6.57. The molecule has 2 nitrogen and oxygen atoms in total. The maximum Gasteiger partial charge on any atom is 0.127 e. The zero-order chi connectivity index (χ0) is 23.3. The summed E-state index contributed by atoms with van der Waals surface area (Å²) in [4.78, 5) is 4.49. The van der Waals surface area contributed by atoms with Crippen molar-refractivity contribution in [2.75, 3.05) is 0 Å². The maximum atomic E-state index is 4.49. The third-order valence-corrected chi connectivity index (χ3v) is 7.79. The number of hydrogen-bond donors (Lipinski definition) is 0. The normalized spacial score (nSPS) is 11.9. The average Bonchev–Trinajstić information content (AvgIpc) is 3.33. The predicted octanol–water partition coefficient (Wildman–Crippen LogP) is 6.06. The van der Waals surface area contributed by atoms with Crippen molar-refractivity contribution >= 4 is 14.7 Å². The fourth-order valence-electron chi connectivity index (χ4n) is 4.65. The van der Waals surface area contributed by atoms with Crippen molar-refractivity contribution in [1.82, 2.24) is 9.55 Å². The molecule has 1 heterocycles. The maximum absolute atomic E-state index is 4.49. The Bertz CT molecular complexity index is 1090. The van der Waals surface area contributed by atoms with Crippen molar-refractivity contribution in [2.45, 2.75) is 45.7 Å². The Balaban J connectivity index is 1.96. The first-order valence-corrected chi connectivity index (χ1v) is 13.0. The molecule has 0 N–H and O–H groups in total. The summed E-state index contributed by atoms with van der Waals surface area (Å²) in [5, 5.41) is 0.993. The van der Waals surface area contributed by atoms with E-state index in [0.29, 0.717) is 21.4 Å². The molecule has 0 unspecified atom stereocenters. The van der Waals surface area contributed by atoms with Crippen molar-refractivity contribution < 1.29 is 0 Å². The van der Waals surface area contributed by atoms with Gasteiger partial charge in [0.1, 0.15) is 9.52 Å². The van der Waals surface area contributed by atoms with Crippen LogP contribution in [0.2, 0.25) is 0 Å². The third-order valence-electron chi connectivity index (χ3n) is 5.97. The molecule has 4 aromatic rings. The molecule has 0 aliphatic carbocycles. The van der Waals surface area contributed by atoms with E-state index < -0.39 is 0 Å². The van der Waals surface area contributed by atoms with Crippen LogP contribution in [-0.4, -0.2) is 19.1 Å². The highest BCUT2D eigenvalue weighted by Gasteiger charge is 2.37. The van der Waals surface area contributed by atoms with Crippen LogP contribution in [-0.2, 0) is 18.0 Å². The quantitative estimate of drug-likeness (QED) is 0.283. The number of imidazole rings is 1. The molecule has 3 heteroatoms. The molecule has 0 bridgehead atoms. The lowest BCUT2D eigenvalue weighted by Gasteiger charge is -2.37. The van der Waals surface area contributed by atoms with E-state index in [2.05, 4.69) is 122 Å². The Morgan fingerprint density at radius 2 is 1.33 bits per heavy atom. The highest BCUT2D eigenvalue weighted by Crippen LogP contribution is 2.35. The highest BCUT2D eigenvalue weighted by atomic mass is 28.2. The van der Waals surface area contributed by atoms with Gasteiger partial charge in [-0.3, -0.25) is 0 Å². The first kappa shape index (κ1) is 23.3. The summed E-state index contributed by atoms with van der Waals surface area (Å²) < 4.78 is 2.32. The molecule has 0 aliphatic rings. The van der Waals surface area contributed by atoms with Gasteiger partial charge >= 0.3 is 0 Å². The zero-order valence-electron chi connectivity index (χ0n) is 20.2. The first-order valence-electron chi connectivity index (χ1n) is 12.0. The van der Waals surface area contributed by atoms with Crippen LogP contribution in [0.3, 0.4) is 0 Å². The minimum absolute atomic E-state index is 0.349. The van der Waals surface area contributed by atoms with Gasteiger partial charge in [-0.2, -0.15) is 0 Å². The molecule has 0 amide bonds. The Morgan fingerprint density at radius 1 is 0.758 bits per heavy atom. The van der Waals surface area contributed by atoms with Gasteiger partial charge in [0.2, 0.25) is 0 Å². The lowest BCUT2D eigenvalue weighted by molar-refractivity contribution is 0.589. The molecule has 3 aromatic carbocycles. The molecule has 33 heavy (non-hydrogen) atoms. The smallest absolute Gasteiger partial charge is 0.127 e. The second kappa shape index (κ2) is 10.3. The van der Waals surface area contributed by atoms with E-state index in [-0.39, 0.29) is 5.16 Å². The van der Waals surface area contributed by atoms with Gasteiger partial charge in [0, 0.05) is 12.4 Å². The molecule has 4 rings (SSSR count). The number of hydrogen-bond acceptors (Lipinski definition) is 1.